The van der Waals surface area contributed by atoms with Gasteiger partial charge in [-0.15, -0.1) is 0 Å². The fraction of sp³-hybridized carbons (Fsp3) is 0.500. The van der Waals surface area contributed by atoms with Crippen molar-refractivity contribution in [2.24, 2.45) is 0 Å². The average molecular weight is 348 g/mol. The number of rotatable bonds is 6. The Hall–Kier alpha value is -2.57. The number of likely N-dealkylation sites (tertiary alicyclic amines) is 1. The molecule has 1 atom stereocenters. The molecule has 1 saturated heterocycles. The van der Waals surface area contributed by atoms with Crippen LogP contribution in [0.4, 0.5) is 4.79 Å². The molecule has 1 aliphatic rings. The Morgan fingerprint density at radius 3 is 2.60 bits per heavy atom. The molecule has 1 aromatic rings. The number of hydrogen-bond donors (Lipinski definition) is 1. The summed E-state index contributed by atoms with van der Waals surface area (Å²) in [4.78, 5) is 38.7. The zero-order chi connectivity index (χ0) is 18.2. The number of carbonyl (C=O) groups is 3. The Morgan fingerprint density at radius 1 is 1.24 bits per heavy atom. The van der Waals surface area contributed by atoms with Crippen LogP contribution >= 0.6 is 0 Å². The zero-order valence-electron chi connectivity index (χ0n) is 14.4. The molecule has 0 saturated carbocycles. The first-order chi connectivity index (χ1) is 12.0. The SMILES string of the molecule is CCN(CC(=O)O)C(=O)[C@H]1CCCCN1C(=O)OCc1ccccc1. The van der Waals surface area contributed by atoms with Crippen LogP contribution in [0.3, 0.4) is 0 Å². The summed E-state index contributed by atoms with van der Waals surface area (Å²) in [5.41, 5.74) is 0.872. The molecular weight excluding hydrogens is 324 g/mol. The van der Waals surface area contributed by atoms with Gasteiger partial charge in [0.25, 0.3) is 0 Å². The highest BCUT2D eigenvalue weighted by Gasteiger charge is 2.35. The molecule has 2 amide bonds. The third kappa shape index (κ3) is 5.20. The van der Waals surface area contributed by atoms with E-state index in [0.29, 0.717) is 13.0 Å². The summed E-state index contributed by atoms with van der Waals surface area (Å²) < 4.78 is 5.34. The molecule has 2 rings (SSSR count). The number of benzene rings is 1. The van der Waals surface area contributed by atoms with Gasteiger partial charge in [-0.3, -0.25) is 14.5 Å². The largest absolute Gasteiger partial charge is 0.480 e. The molecule has 1 aromatic carbocycles. The topological polar surface area (TPSA) is 87.2 Å². The zero-order valence-corrected chi connectivity index (χ0v) is 14.4. The van der Waals surface area contributed by atoms with E-state index in [1.54, 1.807) is 6.92 Å². The summed E-state index contributed by atoms with van der Waals surface area (Å²) in [6, 6.07) is 8.67. The van der Waals surface area contributed by atoms with Crippen LogP contribution in [-0.4, -0.2) is 58.6 Å². The minimum atomic E-state index is -1.07. The molecule has 1 N–H and O–H groups in total. The number of carboxylic acid groups (broad SMARTS) is 1. The highest BCUT2D eigenvalue weighted by Crippen LogP contribution is 2.20. The van der Waals surface area contributed by atoms with Crippen molar-refractivity contribution in [3.05, 3.63) is 35.9 Å². The molecule has 0 bridgehead atoms. The smallest absolute Gasteiger partial charge is 0.410 e. The van der Waals surface area contributed by atoms with E-state index in [1.807, 2.05) is 30.3 Å². The first-order valence-electron chi connectivity index (χ1n) is 8.50. The standard InChI is InChI=1S/C18H24N2O5/c1-2-19(12-16(21)22)17(23)15-10-6-7-11-20(15)18(24)25-13-14-8-4-3-5-9-14/h3-5,8-9,15H,2,6-7,10-13H2,1H3,(H,21,22)/t15-/m1/s1. The van der Waals surface area contributed by atoms with Crippen LogP contribution in [0.5, 0.6) is 0 Å². The lowest BCUT2D eigenvalue weighted by Crippen LogP contribution is -2.54. The van der Waals surface area contributed by atoms with Crippen LogP contribution in [0.2, 0.25) is 0 Å². The third-order valence-electron chi connectivity index (χ3n) is 4.25. The van der Waals surface area contributed by atoms with E-state index in [1.165, 1.54) is 9.80 Å². The van der Waals surface area contributed by atoms with E-state index in [4.69, 9.17) is 9.84 Å². The van der Waals surface area contributed by atoms with Crippen LogP contribution < -0.4 is 0 Å². The van der Waals surface area contributed by atoms with E-state index in [0.717, 1.165) is 18.4 Å². The first-order valence-corrected chi connectivity index (χ1v) is 8.50. The van der Waals surface area contributed by atoms with E-state index < -0.39 is 18.1 Å². The summed E-state index contributed by atoms with van der Waals surface area (Å²) >= 11 is 0. The second-order valence-electron chi connectivity index (χ2n) is 5.99. The molecule has 25 heavy (non-hydrogen) atoms. The molecule has 7 heteroatoms. The Balaban J connectivity index is 2.02. The maximum atomic E-state index is 12.7. The van der Waals surface area contributed by atoms with Crippen LogP contribution in [0, 0.1) is 0 Å². The maximum Gasteiger partial charge on any atom is 0.410 e. The highest BCUT2D eigenvalue weighted by molar-refractivity contribution is 5.88. The van der Waals surface area contributed by atoms with Crippen LogP contribution in [0.1, 0.15) is 31.7 Å². The predicted molar refractivity (Wildman–Crippen MR) is 90.9 cm³/mol. The second kappa shape index (κ2) is 9.05. The lowest BCUT2D eigenvalue weighted by Gasteiger charge is -2.36. The number of piperidine rings is 1. The number of likely N-dealkylation sites (N-methyl/N-ethyl adjacent to an activating group) is 1. The Labute approximate surface area is 147 Å². The summed E-state index contributed by atoms with van der Waals surface area (Å²) in [6.07, 6.45) is 1.61. The fourth-order valence-electron chi connectivity index (χ4n) is 2.93. The van der Waals surface area contributed by atoms with Crippen molar-refractivity contribution in [1.29, 1.82) is 0 Å². The van der Waals surface area contributed by atoms with Gasteiger partial charge in [-0.2, -0.15) is 0 Å². The van der Waals surface area contributed by atoms with Crippen molar-refractivity contribution in [3.63, 3.8) is 0 Å². The van der Waals surface area contributed by atoms with Gasteiger partial charge in [-0.05, 0) is 31.7 Å². The third-order valence-corrected chi connectivity index (χ3v) is 4.25. The van der Waals surface area contributed by atoms with Gasteiger partial charge in [0, 0.05) is 13.1 Å². The van der Waals surface area contributed by atoms with Gasteiger partial charge in [-0.1, -0.05) is 30.3 Å². The van der Waals surface area contributed by atoms with Gasteiger partial charge in [0.05, 0.1) is 0 Å². The molecule has 0 radical (unpaired) electrons. The monoisotopic (exact) mass is 348 g/mol. The van der Waals surface area contributed by atoms with E-state index in [9.17, 15) is 14.4 Å². The molecule has 1 aliphatic heterocycles. The Morgan fingerprint density at radius 2 is 1.96 bits per heavy atom. The Kier molecular flexibility index (Phi) is 6.80. The van der Waals surface area contributed by atoms with Gasteiger partial charge in [-0.25, -0.2) is 4.79 Å². The summed E-state index contributed by atoms with van der Waals surface area (Å²) in [5, 5.41) is 8.95. The molecular formula is C18H24N2O5. The van der Waals surface area contributed by atoms with E-state index in [-0.39, 0.29) is 25.6 Å². The fourth-order valence-corrected chi connectivity index (χ4v) is 2.93. The summed E-state index contributed by atoms with van der Waals surface area (Å²) in [7, 11) is 0. The normalized spacial score (nSPS) is 17.0. The van der Waals surface area contributed by atoms with Crippen molar-refractivity contribution in [1.82, 2.24) is 9.80 Å². The number of aliphatic carboxylic acids is 1. The minimum Gasteiger partial charge on any atom is -0.480 e. The molecule has 0 aliphatic carbocycles. The lowest BCUT2D eigenvalue weighted by molar-refractivity contribution is -0.147. The first kappa shape index (κ1) is 18.8. The van der Waals surface area contributed by atoms with Gasteiger partial charge >= 0.3 is 12.1 Å². The van der Waals surface area contributed by atoms with Crippen molar-refractivity contribution in [2.45, 2.75) is 38.8 Å². The van der Waals surface area contributed by atoms with Crippen molar-refractivity contribution in [2.75, 3.05) is 19.6 Å². The molecule has 0 aromatic heterocycles. The predicted octanol–water partition coefficient (Wildman–Crippen LogP) is 2.11. The number of hydrogen-bond acceptors (Lipinski definition) is 4. The van der Waals surface area contributed by atoms with Crippen LogP contribution in [0.15, 0.2) is 30.3 Å². The number of carboxylic acids is 1. The maximum absolute atomic E-state index is 12.7. The second-order valence-corrected chi connectivity index (χ2v) is 5.99. The van der Waals surface area contributed by atoms with Gasteiger partial charge in [0.1, 0.15) is 19.2 Å². The lowest BCUT2D eigenvalue weighted by atomic mass is 10.0. The highest BCUT2D eigenvalue weighted by atomic mass is 16.6. The quantitative estimate of drug-likeness (QED) is 0.851. The van der Waals surface area contributed by atoms with Gasteiger partial charge < -0.3 is 14.7 Å². The molecule has 7 nitrogen and oxygen atoms in total. The van der Waals surface area contributed by atoms with Crippen molar-refractivity contribution in [3.8, 4) is 0 Å². The Bertz CT molecular complexity index is 605. The molecule has 136 valence electrons. The van der Waals surface area contributed by atoms with Crippen molar-refractivity contribution >= 4 is 18.0 Å². The average Bonchev–Trinajstić information content (AvgIpc) is 2.64. The molecule has 0 spiro atoms. The van der Waals surface area contributed by atoms with Gasteiger partial charge in [0.15, 0.2) is 0 Å². The number of nitrogens with zero attached hydrogens (tertiary/aromatic N) is 2. The van der Waals surface area contributed by atoms with Gasteiger partial charge in [0.2, 0.25) is 5.91 Å². The number of ether oxygens (including phenoxy) is 1. The molecule has 0 unspecified atom stereocenters. The summed E-state index contributed by atoms with van der Waals surface area (Å²) in [6.45, 7) is 2.23. The van der Waals surface area contributed by atoms with Crippen LogP contribution in [-0.2, 0) is 20.9 Å². The van der Waals surface area contributed by atoms with E-state index >= 15 is 0 Å². The van der Waals surface area contributed by atoms with Crippen LogP contribution in [0.25, 0.3) is 0 Å². The minimum absolute atomic E-state index is 0.143. The summed E-state index contributed by atoms with van der Waals surface area (Å²) in [5.74, 6) is -1.40. The number of carbonyl (C=O) groups excluding carboxylic acids is 2. The molecule has 1 fully saturated rings. The molecule has 1 heterocycles. The number of amides is 2. The van der Waals surface area contributed by atoms with E-state index in [2.05, 4.69) is 0 Å². The van der Waals surface area contributed by atoms with Crippen molar-refractivity contribution < 1.29 is 24.2 Å².